The molecule has 0 bridgehead atoms. The van der Waals surface area contributed by atoms with E-state index in [1.165, 1.54) is 12.1 Å². The van der Waals surface area contributed by atoms with Crippen LogP contribution < -0.4 is 5.32 Å². The Bertz CT molecular complexity index is 352. The third-order valence-electron chi connectivity index (χ3n) is 3.22. The minimum absolute atomic E-state index is 0.217. The van der Waals surface area contributed by atoms with E-state index in [2.05, 4.69) is 19.2 Å². The van der Waals surface area contributed by atoms with Crippen LogP contribution in [0, 0.1) is 17.6 Å². The Morgan fingerprint density at radius 1 is 1.18 bits per heavy atom. The maximum atomic E-state index is 13.1. The molecule has 1 nitrogen and oxygen atoms in total. The van der Waals surface area contributed by atoms with Gasteiger partial charge in [-0.2, -0.15) is 0 Å². The van der Waals surface area contributed by atoms with Crippen LogP contribution in [0.1, 0.15) is 38.7 Å². The lowest BCUT2D eigenvalue weighted by Crippen LogP contribution is -2.25. The van der Waals surface area contributed by atoms with E-state index in [-0.39, 0.29) is 5.92 Å². The minimum Gasteiger partial charge on any atom is -0.316 e. The molecule has 0 amide bonds. The Labute approximate surface area is 102 Å². The second-order valence-corrected chi connectivity index (χ2v) is 4.64. The molecule has 1 rings (SSSR count). The zero-order chi connectivity index (χ0) is 12.8. The van der Waals surface area contributed by atoms with Gasteiger partial charge >= 0.3 is 0 Å². The number of rotatable bonds is 6. The van der Waals surface area contributed by atoms with Crippen molar-refractivity contribution < 1.29 is 8.78 Å². The quantitative estimate of drug-likeness (QED) is 0.749. The summed E-state index contributed by atoms with van der Waals surface area (Å²) >= 11 is 0. The molecule has 3 heteroatoms. The number of benzene rings is 1. The van der Waals surface area contributed by atoms with E-state index >= 15 is 0 Å². The van der Waals surface area contributed by atoms with Gasteiger partial charge in [-0.25, -0.2) is 8.78 Å². The monoisotopic (exact) mass is 241 g/mol. The highest BCUT2D eigenvalue weighted by molar-refractivity contribution is 5.21. The standard InChI is InChI=1S/C14H21F2N/c1-4-7-17-9-10(2)11(3)12-5-6-13(15)14(16)8-12/h5-6,8,10-11,17H,4,7,9H2,1-3H3. The molecule has 96 valence electrons. The lowest BCUT2D eigenvalue weighted by molar-refractivity contribution is 0.443. The Hall–Kier alpha value is -0.960. The number of hydrogen-bond donors (Lipinski definition) is 1. The van der Waals surface area contributed by atoms with Gasteiger partial charge in [0.05, 0.1) is 0 Å². The minimum atomic E-state index is -0.780. The van der Waals surface area contributed by atoms with Crippen LogP contribution >= 0.6 is 0 Å². The summed E-state index contributed by atoms with van der Waals surface area (Å²) in [7, 11) is 0. The van der Waals surface area contributed by atoms with Crippen LogP contribution in [-0.2, 0) is 0 Å². The molecule has 1 aromatic rings. The Kier molecular flexibility index (Phi) is 5.56. The fourth-order valence-electron chi connectivity index (χ4n) is 1.81. The summed E-state index contributed by atoms with van der Waals surface area (Å²) in [5, 5.41) is 3.34. The average Bonchev–Trinajstić information content (AvgIpc) is 2.32. The molecular weight excluding hydrogens is 220 g/mol. The predicted octanol–water partition coefficient (Wildman–Crippen LogP) is 3.70. The van der Waals surface area contributed by atoms with Crippen molar-refractivity contribution in [3.05, 3.63) is 35.4 Å². The highest BCUT2D eigenvalue weighted by Gasteiger charge is 2.15. The molecule has 0 aliphatic heterocycles. The lowest BCUT2D eigenvalue weighted by atomic mass is 9.89. The molecule has 1 N–H and O–H groups in total. The van der Waals surface area contributed by atoms with Gasteiger partial charge in [0.25, 0.3) is 0 Å². The van der Waals surface area contributed by atoms with E-state index < -0.39 is 11.6 Å². The van der Waals surface area contributed by atoms with Crippen molar-refractivity contribution in [2.45, 2.75) is 33.1 Å². The highest BCUT2D eigenvalue weighted by atomic mass is 19.2. The molecule has 0 saturated carbocycles. The van der Waals surface area contributed by atoms with Gasteiger partial charge in [-0.05, 0) is 49.0 Å². The highest BCUT2D eigenvalue weighted by Crippen LogP contribution is 2.24. The first kappa shape index (κ1) is 14.1. The molecule has 0 heterocycles. The van der Waals surface area contributed by atoms with Gasteiger partial charge in [-0.3, -0.25) is 0 Å². The van der Waals surface area contributed by atoms with Crippen molar-refractivity contribution >= 4 is 0 Å². The third kappa shape index (κ3) is 4.08. The number of halogens is 2. The van der Waals surface area contributed by atoms with Gasteiger partial charge in [0.1, 0.15) is 0 Å². The third-order valence-corrected chi connectivity index (χ3v) is 3.22. The smallest absolute Gasteiger partial charge is 0.159 e. The van der Waals surface area contributed by atoms with Crippen LogP contribution in [0.4, 0.5) is 8.78 Å². The molecular formula is C14H21F2N. The first-order valence-corrected chi connectivity index (χ1v) is 6.22. The summed E-state index contributed by atoms with van der Waals surface area (Å²) in [6.07, 6.45) is 1.10. The van der Waals surface area contributed by atoms with Crippen LogP contribution in [0.15, 0.2) is 18.2 Å². The summed E-state index contributed by atoms with van der Waals surface area (Å²) in [5.74, 6) is -0.929. The van der Waals surface area contributed by atoms with E-state index in [1.54, 1.807) is 6.07 Å². The second-order valence-electron chi connectivity index (χ2n) is 4.64. The first-order chi connectivity index (χ1) is 8.06. The fourth-order valence-corrected chi connectivity index (χ4v) is 1.81. The Balaban J connectivity index is 2.61. The average molecular weight is 241 g/mol. The molecule has 2 atom stereocenters. The van der Waals surface area contributed by atoms with Gasteiger partial charge in [0, 0.05) is 0 Å². The van der Waals surface area contributed by atoms with Crippen LogP contribution in [0.5, 0.6) is 0 Å². The zero-order valence-electron chi connectivity index (χ0n) is 10.8. The Morgan fingerprint density at radius 3 is 2.47 bits per heavy atom. The summed E-state index contributed by atoms with van der Waals surface area (Å²) in [4.78, 5) is 0. The normalized spacial score (nSPS) is 14.6. The largest absolute Gasteiger partial charge is 0.316 e. The molecule has 0 saturated heterocycles. The summed E-state index contributed by atoms with van der Waals surface area (Å²) in [6, 6.07) is 4.17. The molecule has 0 aromatic heterocycles. The maximum Gasteiger partial charge on any atom is 0.159 e. The molecule has 0 spiro atoms. The summed E-state index contributed by atoms with van der Waals surface area (Å²) < 4.78 is 25.9. The van der Waals surface area contributed by atoms with E-state index in [9.17, 15) is 8.78 Å². The Morgan fingerprint density at radius 2 is 1.88 bits per heavy atom. The first-order valence-electron chi connectivity index (χ1n) is 6.22. The SMILES string of the molecule is CCCNCC(C)C(C)c1ccc(F)c(F)c1. The number of hydrogen-bond acceptors (Lipinski definition) is 1. The van der Waals surface area contributed by atoms with Crippen LogP contribution in [0.2, 0.25) is 0 Å². The predicted molar refractivity (Wildman–Crippen MR) is 67.1 cm³/mol. The maximum absolute atomic E-state index is 13.1. The van der Waals surface area contributed by atoms with E-state index in [4.69, 9.17) is 0 Å². The molecule has 0 radical (unpaired) electrons. The van der Waals surface area contributed by atoms with Crippen molar-refractivity contribution in [2.24, 2.45) is 5.92 Å². The zero-order valence-corrected chi connectivity index (χ0v) is 10.8. The van der Waals surface area contributed by atoms with E-state index in [1.807, 2.05) is 6.92 Å². The van der Waals surface area contributed by atoms with Gasteiger partial charge in [0.2, 0.25) is 0 Å². The van der Waals surface area contributed by atoms with Crippen LogP contribution in [0.25, 0.3) is 0 Å². The van der Waals surface area contributed by atoms with Crippen LogP contribution in [-0.4, -0.2) is 13.1 Å². The molecule has 0 fully saturated rings. The van der Waals surface area contributed by atoms with Crippen LogP contribution in [0.3, 0.4) is 0 Å². The molecule has 17 heavy (non-hydrogen) atoms. The summed E-state index contributed by atoms with van der Waals surface area (Å²) in [5.41, 5.74) is 0.856. The van der Waals surface area contributed by atoms with Crippen molar-refractivity contribution in [3.63, 3.8) is 0 Å². The molecule has 2 unspecified atom stereocenters. The fraction of sp³-hybridized carbons (Fsp3) is 0.571. The van der Waals surface area contributed by atoms with E-state index in [0.29, 0.717) is 5.92 Å². The summed E-state index contributed by atoms with van der Waals surface area (Å²) in [6.45, 7) is 8.18. The van der Waals surface area contributed by atoms with Gasteiger partial charge in [-0.1, -0.05) is 26.8 Å². The molecule has 0 aliphatic rings. The molecule has 1 aromatic carbocycles. The van der Waals surface area contributed by atoms with Gasteiger partial charge < -0.3 is 5.32 Å². The second kappa shape index (κ2) is 6.70. The van der Waals surface area contributed by atoms with Crippen molar-refractivity contribution in [3.8, 4) is 0 Å². The van der Waals surface area contributed by atoms with Gasteiger partial charge in [-0.15, -0.1) is 0 Å². The topological polar surface area (TPSA) is 12.0 Å². The molecule has 0 aliphatic carbocycles. The lowest BCUT2D eigenvalue weighted by Gasteiger charge is -2.21. The van der Waals surface area contributed by atoms with Crippen molar-refractivity contribution in [1.29, 1.82) is 0 Å². The van der Waals surface area contributed by atoms with Crippen molar-refractivity contribution in [1.82, 2.24) is 5.32 Å². The van der Waals surface area contributed by atoms with E-state index in [0.717, 1.165) is 25.1 Å². The van der Waals surface area contributed by atoms with Gasteiger partial charge in [0.15, 0.2) is 11.6 Å². The number of nitrogens with one attached hydrogen (secondary N) is 1. The van der Waals surface area contributed by atoms with Crippen molar-refractivity contribution in [2.75, 3.05) is 13.1 Å².